The van der Waals surface area contributed by atoms with Crippen molar-refractivity contribution in [3.63, 3.8) is 0 Å². The van der Waals surface area contributed by atoms with Gasteiger partial charge in [-0.15, -0.1) is 11.3 Å². The average molecular weight is 361 g/mol. The number of H-pyrrole nitrogens is 1. The molecule has 0 unspecified atom stereocenters. The van der Waals surface area contributed by atoms with Gasteiger partial charge in [-0.2, -0.15) is 5.10 Å². The highest BCUT2D eigenvalue weighted by molar-refractivity contribution is 7.98. The van der Waals surface area contributed by atoms with Crippen LogP contribution in [-0.4, -0.2) is 37.5 Å². The molecule has 7 nitrogen and oxygen atoms in total. The number of amides is 1. The highest BCUT2D eigenvalue weighted by Crippen LogP contribution is 2.34. The van der Waals surface area contributed by atoms with Gasteiger partial charge in [0.25, 0.3) is 5.91 Å². The van der Waals surface area contributed by atoms with Crippen molar-refractivity contribution in [3.05, 3.63) is 46.6 Å². The Kier molecular flexibility index (Phi) is 4.35. The quantitative estimate of drug-likeness (QED) is 0.703. The van der Waals surface area contributed by atoms with Crippen LogP contribution in [0.25, 0.3) is 0 Å². The minimum absolute atomic E-state index is 0.0645. The fourth-order valence-electron chi connectivity index (χ4n) is 2.78. The highest BCUT2D eigenvalue weighted by atomic mass is 32.2. The number of likely N-dealkylation sites (tertiary alicyclic amines) is 1. The number of thioether (sulfide) groups is 1. The van der Waals surface area contributed by atoms with Crippen LogP contribution in [0.3, 0.4) is 0 Å². The van der Waals surface area contributed by atoms with Gasteiger partial charge in [-0.25, -0.2) is 9.97 Å². The lowest BCUT2D eigenvalue weighted by atomic mass is 10.2. The van der Waals surface area contributed by atoms with Gasteiger partial charge in [-0.3, -0.25) is 9.89 Å². The lowest BCUT2D eigenvalue weighted by molar-refractivity contribution is 0.0701. The number of carbonyl (C=O) groups excluding carboxylic acids is 1. The predicted octanol–water partition coefficient (Wildman–Crippen LogP) is 3.12. The largest absolute Gasteiger partial charge is 0.455 e. The maximum Gasteiger partial charge on any atom is 0.290 e. The second-order valence-electron chi connectivity index (χ2n) is 5.37. The van der Waals surface area contributed by atoms with Crippen molar-refractivity contribution >= 4 is 29.0 Å². The van der Waals surface area contributed by atoms with Crippen LogP contribution in [0, 0.1) is 0 Å². The molecule has 1 aliphatic heterocycles. The summed E-state index contributed by atoms with van der Waals surface area (Å²) in [4.78, 5) is 23.0. The van der Waals surface area contributed by atoms with Crippen LogP contribution >= 0.6 is 23.1 Å². The minimum Gasteiger partial charge on any atom is -0.455 e. The maximum absolute atomic E-state index is 12.8. The van der Waals surface area contributed by atoms with Crippen molar-refractivity contribution in [1.29, 1.82) is 0 Å². The molecule has 124 valence electrons. The molecule has 4 heterocycles. The van der Waals surface area contributed by atoms with Crippen LogP contribution in [0.4, 0.5) is 0 Å². The first-order valence-corrected chi connectivity index (χ1v) is 9.45. The molecule has 24 heavy (non-hydrogen) atoms. The van der Waals surface area contributed by atoms with E-state index in [1.54, 1.807) is 23.6 Å². The summed E-state index contributed by atoms with van der Waals surface area (Å²) < 4.78 is 5.73. The van der Waals surface area contributed by atoms with Gasteiger partial charge in [-0.05, 0) is 25.0 Å². The number of carbonyl (C=O) groups is 1. The van der Waals surface area contributed by atoms with E-state index in [1.165, 1.54) is 18.1 Å². The third kappa shape index (κ3) is 3.09. The Morgan fingerprint density at radius 1 is 1.46 bits per heavy atom. The van der Waals surface area contributed by atoms with Gasteiger partial charge in [0.05, 0.1) is 11.8 Å². The summed E-state index contributed by atoms with van der Waals surface area (Å²) >= 11 is 3.07. The molecular weight excluding hydrogens is 346 g/mol. The molecule has 0 bridgehead atoms. The number of hydrogen-bond donors (Lipinski definition) is 1. The van der Waals surface area contributed by atoms with Gasteiger partial charge in [-0.1, -0.05) is 11.8 Å². The number of aromatic nitrogens is 4. The van der Waals surface area contributed by atoms with E-state index in [2.05, 4.69) is 20.2 Å². The topological polar surface area (TPSA) is 87.9 Å². The number of hydrogen-bond acceptors (Lipinski definition) is 7. The fraction of sp³-hybridized carbons (Fsp3) is 0.333. The van der Waals surface area contributed by atoms with E-state index in [4.69, 9.17) is 4.42 Å². The molecule has 0 radical (unpaired) electrons. The first-order chi connectivity index (χ1) is 11.8. The second kappa shape index (κ2) is 6.78. The predicted molar refractivity (Wildman–Crippen MR) is 89.8 cm³/mol. The fourth-order valence-corrected chi connectivity index (χ4v) is 4.24. The molecule has 0 aliphatic carbocycles. The molecule has 0 aromatic carbocycles. The highest BCUT2D eigenvalue weighted by Gasteiger charge is 2.33. The monoisotopic (exact) mass is 361 g/mol. The Labute approximate surface area is 146 Å². The van der Waals surface area contributed by atoms with E-state index in [1.807, 2.05) is 16.3 Å². The molecule has 1 fully saturated rings. The standard InChI is InChI=1S/C15H15N5O2S2/c21-14(20-6-1-2-11(20)13-16-5-7-23-13)12-4-3-10(22-12)8-24-15-17-9-18-19-15/h3-5,7,9,11H,1-2,6,8H2,(H,17,18,19)/t11-/m0/s1. The van der Waals surface area contributed by atoms with Crippen molar-refractivity contribution in [2.45, 2.75) is 29.8 Å². The SMILES string of the molecule is O=C(c1ccc(CSc2ncn[nH]2)o1)N1CCC[C@H]1c1nccs1. The van der Waals surface area contributed by atoms with Crippen LogP contribution in [-0.2, 0) is 5.75 Å². The van der Waals surface area contributed by atoms with Gasteiger partial charge in [0, 0.05) is 18.1 Å². The Morgan fingerprint density at radius 3 is 3.21 bits per heavy atom. The van der Waals surface area contributed by atoms with Crippen LogP contribution in [0.15, 0.2) is 39.6 Å². The lowest BCUT2D eigenvalue weighted by Gasteiger charge is -2.21. The number of nitrogens with zero attached hydrogens (tertiary/aromatic N) is 4. The Hall–Kier alpha value is -2.13. The van der Waals surface area contributed by atoms with E-state index in [0.29, 0.717) is 11.5 Å². The number of thiazole rings is 1. The Balaban J connectivity index is 1.44. The van der Waals surface area contributed by atoms with Crippen LogP contribution < -0.4 is 0 Å². The van der Waals surface area contributed by atoms with Crippen LogP contribution in [0.1, 0.15) is 40.2 Å². The molecule has 3 aromatic rings. The van der Waals surface area contributed by atoms with E-state index < -0.39 is 0 Å². The minimum atomic E-state index is -0.0661. The Bertz CT molecular complexity index is 800. The molecular formula is C15H15N5O2S2. The van der Waals surface area contributed by atoms with Crippen molar-refractivity contribution < 1.29 is 9.21 Å². The molecule has 1 saturated heterocycles. The molecule has 3 aromatic heterocycles. The molecule has 9 heteroatoms. The summed E-state index contributed by atoms with van der Waals surface area (Å²) in [6.45, 7) is 0.742. The lowest BCUT2D eigenvalue weighted by Crippen LogP contribution is -2.30. The number of furan rings is 1. The van der Waals surface area contributed by atoms with E-state index in [-0.39, 0.29) is 11.9 Å². The number of aromatic amines is 1. The molecule has 1 atom stereocenters. The van der Waals surface area contributed by atoms with Crippen molar-refractivity contribution in [2.75, 3.05) is 6.54 Å². The van der Waals surface area contributed by atoms with E-state index in [0.717, 1.165) is 35.3 Å². The number of rotatable bonds is 5. The third-order valence-electron chi connectivity index (χ3n) is 3.87. The van der Waals surface area contributed by atoms with Crippen LogP contribution in [0.2, 0.25) is 0 Å². The molecule has 1 aliphatic rings. The Morgan fingerprint density at radius 2 is 2.42 bits per heavy atom. The van der Waals surface area contributed by atoms with Crippen LogP contribution in [0.5, 0.6) is 0 Å². The van der Waals surface area contributed by atoms with Crippen molar-refractivity contribution in [1.82, 2.24) is 25.1 Å². The smallest absolute Gasteiger partial charge is 0.290 e. The summed E-state index contributed by atoms with van der Waals surface area (Å²) in [7, 11) is 0. The molecule has 1 amide bonds. The van der Waals surface area contributed by atoms with Gasteiger partial charge in [0.15, 0.2) is 10.9 Å². The maximum atomic E-state index is 12.8. The summed E-state index contributed by atoms with van der Waals surface area (Å²) in [6, 6.07) is 3.65. The summed E-state index contributed by atoms with van der Waals surface area (Å²) in [5.41, 5.74) is 0. The summed E-state index contributed by atoms with van der Waals surface area (Å²) in [6.07, 6.45) is 5.19. The van der Waals surface area contributed by atoms with Gasteiger partial charge >= 0.3 is 0 Å². The first-order valence-electron chi connectivity index (χ1n) is 7.58. The summed E-state index contributed by atoms with van der Waals surface area (Å²) in [5, 5.41) is 10.2. The molecule has 0 spiro atoms. The first kappa shape index (κ1) is 15.4. The molecule has 4 rings (SSSR count). The van der Waals surface area contributed by atoms with E-state index >= 15 is 0 Å². The van der Waals surface area contributed by atoms with Crippen molar-refractivity contribution in [3.8, 4) is 0 Å². The second-order valence-corrected chi connectivity index (χ2v) is 7.26. The normalized spacial score (nSPS) is 17.5. The van der Waals surface area contributed by atoms with Gasteiger partial charge in [0.1, 0.15) is 17.1 Å². The van der Waals surface area contributed by atoms with E-state index in [9.17, 15) is 4.79 Å². The summed E-state index contributed by atoms with van der Waals surface area (Å²) in [5.74, 6) is 1.65. The van der Waals surface area contributed by atoms with Crippen molar-refractivity contribution in [2.24, 2.45) is 0 Å². The molecule has 1 N–H and O–H groups in total. The third-order valence-corrected chi connectivity index (χ3v) is 5.64. The van der Waals surface area contributed by atoms with Gasteiger partial charge in [0.2, 0.25) is 0 Å². The van der Waals surface area contributed by atoms with Gasteiger partial charge < -0.3 is 9.32 Å². The average Bonchev–Trinajstić information content (AvgIpc) is 3.41. The number of nitrogens with one attached hydrogen (secondary N) is 1. The zero-order chi connectivity index (χ0) is 16.4. The molecule has 0 saturated carbocycles. The zero-order valence-corrected chi connectivity index (χ0v) is 14.3. The zero-order valence-electron chi connectivity index (χ0n) is 12.7.